The first kappa shape index (κ1) is 15.5. The lowest BCUT2D eigenvalue weighted by Gasteiger charge is -2.06. The van der Waals surface area contributed by atoms with Crippen LogP contribution in [-0.2, 0) is 6.42 Å². The molecule has 0 fully saturated rings. The molecule has 124 valence electrons. The van der Waals surface area contributed by atoms with Gasteiger partial charge in [-0.25, -0.2) is 0 Å². The van der Waals surface area contributed by atoms with Crippen molar-refractivity contribution in [2.45, 2.75) is 13.3 Å². The fraction of sp³-hybridized carbons (Fsp3) is 0.111. The Labute approximate surface area is 148 Å². The van der Waals surface area contributed by atoms with Gasteiger partial charge >= 0.3 is 0 Å². The Bertz CT molecular complexity index is 1010. The number of fused-ring (bicyclic) bond motifs is 1. The average Bonchev–Trinajstić information content (AvgIpc) is 3.26. The van der Waals surface area contributed by atoms with E-state index in [9.17, 15) is 4.79 Å². The van der Waals surface area contributed by atoms with Gasteiger partial charge in [0.05, 0.1) is 22.1 Å². The van der Waals surface area contributed by atoms with E-state index in [4.69, 9.17) is 16.1 Å². The van der Waals surface area contributed by atoms with E-state index in [-0.39, 0.29) is 5.69 Å². The first-order valence-electron chi connectivity index (χ1n) is 7.67. The normalized spacial score (nSPS) is 12.2. The number of carbonyl (C=O) groups excluding carboxylic acids is 1. The zero-order chi connectivity index (χ0) is 17.4. The van der Waals surface area contributed by atoms with Crippen LogP contribution in [0.15, 0.2) is 46.0 Å². The highest BCUT2D eigenvalue weighted by Crippen LogP contribution is 2.36. The van der Waals surface area contributed by atoms with Gasteiger partial charge in [0.2, 0.25) is 0 Å². The lowest BCUT2D eigenvalue weighted by atomic mass is 10.1. The summed E-state index contributed by atoms with van der Waals surface area (Å²) in [6.45, 7) is 1.78. The summed E-state index contributed by atoms with van der Waals surface area (Å²) in [5.74, 6) is 0.111. The Morgan fingerprint density at radius 2 is 2.20 bits per heavy atom. The molecule has 0 atom stereocenters. The number of nitrogens with zero attached hydrogens (tertiary/aromatic N) is 3. The Balaban J connectivity index is 1.61. The summed E-state index contributed by atoms with van der Waals surface area (Å²) in [6, 6.07) is 9.10. The van der Waals surface area contributed by atoms with Crippen molar-refractivity contribution in [3.63, 3.8) is 0 Å². The minimum atomic E-state index is -0.391. The SMILES string of the molecule is Cc1ncc(Cl)cc1NC(=O)c1cc(-c2cccc3c2N=CC3)on1. The van der Waals surface area contributed by atoms with Gasteiger partial charge in [-0.1, -0.05) is 28.9 Å². The van der Waals surface area contributed by atoms with E-state index in [1.807, 2.05) is 24.4 Å². The average molecular weight is 353 g/mol. The molecule has 25 heavy (non-hydrogen) atoms. The quantitative estimate of drug-likeness (QED) is 0.765. The van der Waals surface area contributed by atoms with Crippen LogP contribution in [0.3, 0.4) is 0 Å². The number of benzene rings is 1. The highest BCUT2D eigenvalue weighted by Gasteiger charge is 2.19. The molecule has 3 heterocycles. The Kier molecular flexibility index (Phi) is 3.82. The maximum Gasteiger partial charge on any atom is 0.277 e. The molecule has 1 aromatic carbocycles. The number of aliphatic imine (C=N–C) groups is 1. The Morgan fingerprint density at radius 3 is 3.08 bits per heavy atom. The number of para-hydroxylation sites is 1. The molecule has 2 aromatic heterocycles. The van der Waals surface area contributed by atoms with Gasteiger partial charge in [-0.2, -0.15) is 0 Å². The maximum atomic E-state index is 12.4. The van der Waals surface area contributed by atoms with Gasteiger partial charge in [0, 0.05) is 30.5 Å². The number of amides is 1. The van der Waals surface area contributed by atoms with E-state index in [1.54, 1.807) is 19.1 Å². The zero-order valence-corrected chi connectivity index (χ0v) is 14.0. The molecular weight excluding hydrogens is 340 g/mol. The number of hydrogen-bond acceptors (Lipinski definition) is 5. The number of carbonyl (C=O) groups is 1. The summed E-state index contributed by atoms with van der Waals surface area (Å²) in [5, 5.41) is 7.06. The van der Waals surface area contributed by atoms with Crippen molar-refractivity contribution in [1.29, 1.82) is 0 Å². The van der Waals surface area contributed by atoms with Crippen molar-refractivity contribution >= 4 is 35.1 Å². The van der Waals surface area contributed by atoms with Crippen LogP contribution in [-0.4, -0.2) is 22.3 Å². The molecule has 0 aliphatic carbocycles. The lowest BCUT2D eigenvalue weighted by molar-refractivity contribution is 0.101. The summed E-state index contributed by atoms with van der Waals surface area (Å²) in [7, 11) is 0. The van der Waals surface area contributed by atoms with Crippen molar-refractivity contribution < 1.29 is 9.32 Å². The van der Waals surface area contributed by atoms with Crippen molar-refractivity contribution in [3.8, 4) is 11.3 Å². The van der Waals surface area contributed by atoms with Crippen LogP contribution < -0.4 is 5.32 Å². The fourth-order valence-corrected chi connectivity index (χ4v) is 2.83. The van der Waals surface area contributed by atoms with Crippen LogP contribution in [0.2, 0.25) is 5.02 Å². The molecule has 1 aliphatic heterocycles. The smallest absolute Gasteiger partial charge is 0.277 e. The molecule has 0 spiro atoms. The van der Waals surface area contributed by atoms with Gasteiger partial charge in [0.15, 0.2) is 11.5 Å². The van der Waals surface area contributed by atoms with Crippen molar-refractivity contribution in [3.05, 3.63) is 58.5 Å². The van der Waals surface area contributed by atoms with E-state index in [2.05, 4.69) is 20.4 Å². The molecule has 3 aromatic rings. The van der Waals surface area contributed by atoms with Crippen molar-refractivity contribution in [1.82, 2.24) is 10.1 Å². The summed E-state index contributed by atoms with van der Waals surface area (Å²) in [6.07, 6.45) is 4.18. The van der Waals surface area contributed by atoms with Crippen molar-refractivity contribution in [2.75, 3.05) is 5.32 Å². The van der Waals surface area contributed by atoms with Gasteiger partial charge in [-0.3, -0.25) is 14.8 Å². The first-order valence-corrected chi connectivity index (χ1v) is 8.04. The molecule has 1 amide bonds. The molecular formula is C18H13ClN4O2. The Morgan fingerprint density at radius 1 is 1.32 bits per heavy atom. The fourth-order valence-electron chi connectivity index (χ4n) is 2.67. The maximum absolute atomic E-state index is 12.4. The van der Waals surface area contributed by atoms with Crippen LogP contribution >= 0.6 is 11.6 Å². The number of pyridine rings is 1. The molecule has 1 N–H and O–H groups in total. The first-order chi connectivity index (χ1) is 12.1. The molecule has 0 bridgehead atoms. The van der Waals surface area contributed by atoms with Crippen LogP contribution in [0.4, 0.5) is 11.4 Å². The number of halogens is 1. The van der Waals surface area contributed by atoms with Gasteiger partial charge in [-0.15, -0.1) is 0 Å². The predicted molar refractivity (Wildman–Crippen MR) is 95.7 cm³/mol. The van der Waals surface area contributed by atoms with Crippen LogP contribution in [0, 0.1) is 6.92 Å². The summed E-state index contributed by atoms with van der Waals surface area (Å²) in [5.41, 5.74) is 4.18. The van der Waals surface area contributed by atoms with Gasteiger partial charge in [0.1, 0.15) is 0 Å². The number of aryl methyl sites for hydroxylation is 1. The standard InChI is InChI=1S/C18H13ClN4O2/c1-10-14(7-12(19)9-21-10)22-18(24)15-8-16(25-23-15)13-4-2-3-11-5-6-20-17(11)13/h2-4,6-9H,5H2,1H3,(H,22,24). The minimum Gasteiger partial charge on any atom is -0.355 e. The molecule has 1 aliphatic rings. The van der Waals surface area contributed by atoms with Gasteiger partial charge in [0.25, 0.3) is 5.91 Å². The van der Waals surface area contributed by atoms with E-state index in [0.29, 0.717) is 22.2 Å². The monoisotopic (exact) mass is 352 g/mol. The number of aromatic nitrogens is 2. The highest BCUT2D eigenvalue weighted by atomic mass is 35.5. The third-order valence-corrected chi connectivity index (χ3v) is 4.17. The van der Waals surface area contributed by atoms with E-state index < -0.39 is 5.91 Å². The molecule has 0 radical (unpaired) electrons. The molecule has 0 saturated heterocycles. The zero-order valence-electron chi connectivity index (χ0n) is 13.3. The molecule has 0 unspecified atom stereocenters. The molecule has 7 heteroatoms. The number of rotatable bonds is 3. The second-order valence-electron chi connectivity index (χ2n) is 5.65. The van der Waals surface area contributed by atoms with Gasteiger partial charge in [-0.05, 0) is 24.6 Å². The topological polar surface area (TPSA) is 80.4 Å². The highest BCUT2D eigenvalue weighted by molar-refractivity contribution is 6.30. The van der Waals surface area contributed by atoms with Gasteiger partial charge < -0.3 is 9.84 Å². The largest absolute Gasteiger partial charge is 0.355 e. The molecule has 4 rings (SSSR count). The van der Waals surface area contributed by atoms with Crippen LogP contribution in [0.1, 0.15) is 21.7 Å². The number of anilines is 1. The lowest BCUT2D eigenvalue weighted by Crippen LogP contribution is -2.13. The third-order valence-electron chi connectivity index (χ3n) is 3.96. The molecule has 0 saturated carbocycles. The van der Waals surface area contributed by atoms with Crippen LogP contribution in [0.5, 0.6) is 0 Å². The van der Waals surface area contributed by atoms with E-state index in [1.165, 1.54) is 6.20 Å². The Hall–Kier alpha value is -2.99. The number of nitrogens with one attached hydrogen (secondary N) is 1. The summed E-state index contributed by atoms with van der Waals surface area (Å²) < 4.78 is 5.36. The number of hydrogen-bond donors (Lipinski definition) is 1. The molecule has 6 nitrogen and oxygen atoms in total. The van der Waals surface area contributed by atoms with E-state index >= 15 is 0 Å². The summed E-state index contributed by atoms with van der Waals surface area (Å²) in [4.78, 5) is 20.9. The van der Waals surface area contributed by atoms with Crippen molar-refractivity contribution in [2.24, 2.45) is 4.99 Å². The predicted octanol–water partition coefficient (Wildman–Crippen LogP) is 4.21. The minimum absolute atomic E-state index is 0.175. The van der Waals surface area contributed by atoms with Crippen LogP contribution in [0.25, 0.3) is 11.3 Å². The second kappa shape index (κ2) is 6.14. The summed E-state index contributed by atoms with van der Waals surface area (Å²) >= 11 is 5.92. The van der Waals surface area contributed by atoms with E-state index in [0.717, 1.165) is 23.2 Å². The second-order valence-corrected chi connectivity index (χ2v) is 6.08. The third kappa shape index (κ3) is 2.92.